The molecule has 0 aliphatic carbocycles. The summed E-state index contributed by atoms with van der Waals surface area (Å²) < 4.78 is 4.38. The van der Waals surface area contributed by atoms with Gasteiger partial charge in [-0.1, -0.05) is 0 Å². The van der Waals surface area contributed by atoms with E-state index in [2.05, 4.69) is 17.0 Å². The monoisotopic (exact) mass is 106 g/mol. The fraction of sp³-hybridized carbons (Fsp3) is 0.667. The first-order valence-corrected chi connectivity index (χ1v) is 1.89. The second-order valence-corrected chi connectivity index (χ2v) is 1.19. The fourth-order valence-electron chi connectivity index (χ4n) is 0.0645. The van der Waals surface area contributed by atoms with Crippen LogP contribution < -0.4 is 0 Å². The average Bonchev–Trinajstić information content (AvgIpc) is 1.65. The van der Waals surface area contributed by atoms with Gasteiger partial charge in [0.2, 0.25) is 0 Å². The molecule has 3 heteroatoms. The molecule has 0 bridgehead atoms. The van der Waals surface area contributed by atoms with Crippen molar-refractivity contribution >= 4 is 17.3 Å². The molecule has 0 heterocycles. The van der Waals surface area contributed by atoms with Gasteiger partial charge in [-0.15, -0.1) is 0 Å². The van der Waals surface area contributed by atoms with Crippen LogP contribution in [0.3, 0.4) is 0 Å². The lowest BCUT2D eigenvalue weighted by Crippen LogP contribution is -2.01. The number of aliphatic hydroxyl groups is 1. The molecule has 0 aliphatic heterocycles. The topological polar surface area (TPSA) is 29.5 Å². The summed E-state index contributed by atoms with van der Waals surface area (Å²) in [5.74, 6) is 0. The van der Waals surface area contributed by atoms with Crippen LogP contribution in [0.15, 0.2) is 0 Å². The van der Waals surface area contributed by atoms with Crippen LogP contribution >= 0.6 is 12.2 Å². The Morgan fingerprint density at radius 1 is 2.00 bits per heavy atom. The smallest absolute Gasteiger partial charge is 0.184 e. The predicted molar refractivity (Wildman–Crippen MR) is 26.7 cm³/mol. The maximum absolute atomic E-state index is 8.07. The summed E-state index contributed by atoms with van der Waals surface area (Å²) in [6.07, 6.45) is 0. The Labute approximate surface area is 41.7 Å². The van der Waals surface area contributed by atoms with Crippen molar-refractivity contribution in [2.75, 3.05) is 13.7 Å². The highest BCUT2D eigenvalue weighted by molar-refractivity contribution is 7.80. The quantitative estimate of drug-likeness (QED) is 0.475. The Hall–Kier alpha value is -0.150. The molecule has 0 saturated heterocycles. The average molecular weight is 106 g/mol. The Morgan fingerprint density at radius 3 is 2.50 bits per heavy atom. The molecule has 0 unspecified atom stereocenters. The standard InChI is InChI=1S/C3H6O2S/c1-5-3(6)2-4/h4H,2H2,1H3. The molecule has 0 amide bonds. The third kappa shape index (κ3) is 2.11. The summed E-state index contributed by atoms with van der Waals surface area (Å²) in [6.45, 7) is -0.161. The maximum atomic E-state index is 8.07. The van der Waals surface area contributed by atoms with Gasteiger partial charge in [-0.3, -0.25) is 0 Å². The van der Waals surface area contributed by atoms with E-state index in [4.69, 9.17) is 5.11 Å². The second kappa shape index (κ2) is 3.06. The van der Waals surface area contributed by atoms with Crippen molar-refractivity contribution in [2.24, 2.45) is 0 Å². The molecule has 6 heavy (non-hydrogen) atoms. The molecule has 0 spiro atoms. The number of ether oxygens (including phenoxy) is 1. The number of hydrogen-bond donors (Lipinski definition) is 1. The lowest BCUT2D eigenvalue weighted by molar-refractivity contribution is 0.306. The highest BCUT2D eigenvalue weighted by atomic mass is 32.1. The van der Waals surface area contributed by atoms with Crippen molar-refractivity contribution < 1.29 is 9.84 Å². The van der Waals surface area contributed by atoms with Gasteiger partial charge in [0.05, 0.1) is 7.11 Å². The molecule has 0 rings (SSSR count). The van der Waals surface area contributed by atoms with E-state index in [0.29, 0.717) is 0 Å². The van der Waals surface area contributed by atoms with Crippen LogP contribution in [0.4, 0.5) is 0 Å². The lowest BCUT2D eigenvalue weighted by atomic mass is 10.8. The molecule has 0 fully saturated rings. The second-order valence-electron chi connectivity index (χ2n) is 0.734. The van der Waals surface area contributed by atoms with Gasteiger partial charge in [0.25, 0.3) is 0 Å². The van der Waals surface area contributed by atoms with E-state index in [0.717, 1.165) is 0 Å². The zero-order valence-electron chi connectivity index (χ0n) is 3.47. The molecular formula is C3H6O2S. The van der Waals surface area contributed by atoms with E-state index >= 15 is 0 Å². The Morgan fingerprint density at radius 2 is 2.50 bits per heavy atom. The Balaban J connectivity index is 2.99. The van der Waals surface area contributed by atoms with Gasteiger partial charge < -0.3 is 9.84 Å². The van der Waals surface area contributed by atoms with Gasteiger partial charge in [0, 0.05) is 0 Å². The number of thiocarbonyl (C=S) groups is 1. The van der Waals surface area contributed by atoms with E-state index < -0.39 is 0 Å². The van der Waals surface area contributed by atoms with Crippen LogP contribution in [0.5, 0.6) is 0 Å². The van der Waals surface area contributed by atoms with E-state index in [1.165, 1.54) is 7.11 Å². The summed E-state index contributed by atoms with van der Waals surface area (Å²) in [4.78, 5) is 0. The van der Waals surface area contributed by atoms with Crippen molar-refractivity contribution in [1.29, 1.82) is 0 Å². The Bertz CT molecular complexity index is 46.8. The van der Waals surface area contributed by atoms with E-state index in [-0.39, 0.29) is 11.7 Å². The van der Waals surface area contributed by atoms with Gasteiger partial charge in [-0.25, -0.2) is 0 Å². The molecule has 0 aliphatic rings. The third-order valence-electron chi connectivity index (χ3n) is 0.357. The molecule has 36 valence electrons. The minimum atomic E-state index is -0.161. The zero-order chi connectivity index (χ0) is 4.99. The predicted octanol–water partition coefficient (Wildman–Crippen LogP) is -0.0475. The van der Waals surface area contributed by atoms with Crippen molar-refractivity contribution in [3.05, 3.63) is 0 Å². The first-order chi connectivity index (χ1) is 2.81. The molecule has 2 nitrogen and oxygen atoms in total. The third-order valence-corrected chi connectivity index (χ3v) is 0.653. The molecule has 0 aromatic carbocycles. The molecule has 0 saturated carbocycles. The van der Waals surface area contributed by atoms with E-state index in [9.17, 15) is 0 Å². The van der Waals surface area contributed by atoms with Crippen molar-refractivity contribution in [3.63, 3.8) is 0 Å². The summed E-state index contributed by atoms with van der Waals surface area (Å²) >= 11 is 4.38. The lowest BCUT2D eigenvalue weighted by Gasteiger charge is -1.91. The van der Waals surface area contributed by atoms with Crippen LogP contribution in [0, 0.1) is 0 Å². The normalized spacial score (nSPS) is 7.67. The number of rotatable bonds is 1. The van der Waals surface area contributed by atoms with Crippen LogP contribution in [0.25, 0.3) is 0 Å². The van der Waals surface area contributed by atoms with E-state index in [1.54, 1.807) is 0 Å². The van der Waals surface area contributed by atoms with Crippen LogP contribution in [0.1, 0.15) is 0 Å². The molecule has 0 radical (unpaired) electrons. The Kier molecular flexibility index (Phi) is 2.98. The first kappa shape index (κ1) is 5.85. The van der Waals surface area contributed by atoms with Gasteiger partial charge in [0.1, 0.15) is 6.61 Å². The molecule has 1 N–H and O–H groups in total. The summed E-state index contributed by atoms with van der Waals surface area (Å²) in [6, 6.07) is 0. The number of hydrogen-bond acceptors (Lipinski definition) is 3. The molecule has 0 atom stereocenters. The number of aliphatic hydroxyl groups excluding tert-OH is 1. The number of methoxy groups -OCH3 is 1. The molecular weight excluding hydrogens is 100 g/mol. The van der Waals surface area contributed by atoms with Crippen LogP contribution in [0.2, 0.25) is 0 Å². The molecule has 0 aromatic rings. The highest BCUT2D eigenvalue weighted by Gasteiger charge is 1.82. The minimum absolute atomic E-state index is 0.161. The first-order valence-electron chi connectivity index (χ1n) is 1.49. The fourth-order valence-corrected chi connectivity index (χ4v) is 0.0645. The van der Waals surface area contributed by atoms with Crippen molar-refractivity contribution in [1.82, 2.24) is 0 Å². The zero-order valence-corrected chi connectivity index (χ0v) is 4.29. The summed E-state index contributed by atoms with van der Waals surface area (Å²) in [5, 5.41) is 8.30. The van der Waals surface area contributed by atoms with Gasteiger partial charge in [0.15, 0.2) is 5.05 Å². The summed E-state index contributed by atoms with van der Waals surface area (Å²) in [7, 11) is 1.43. The van der Waals surface area contributed by atoms with Gasteiger partial charge in [-0.2, -0.15) is 0 Å². The SMILES string of the molecule is COC(=S)CO. The van der Waals surface area contributed by atoms with Gasteiger partial charge >= 0.3 is 0 Å². The van der Waals surface area contributed by atoms with Crippen LogP contribution in [-0.2, 0) is 4.74 Å². The highest BCUT2D eigenvalue weighted by Crippen LogP contribution is 1.71. The van der Waals surface area contributed by atoms with Crippen molar-refractivity contribution in [3.8, 4) is 0 Å². The largest absolute Gasteiger partial charge is 0.488 e. The van der Waals surface area contributed by atoms with Gasteiger partial charge in [-0.05, 0) is 12.2 Å². The van der Waals surface area contributed by atoms with E-state index in [1.807, 2.05) is 0 Å². The van der Waals surface area contributed by atoms with Crippen molar-refractivity contribution in [2.45, 2.75) is 0 Å². The van der Waals surface area contributed by atoms with Crippen LogP contribution in [-0.4, -0.2) is 23.9 Å². The molecule has 0 aromatic heterocycles. The summed E-state index contributed by atoms with van der Waals surface area (Å²) in [5.41, 5.74) is 0. The maximum Gasteiger partial charge on any atom is 0.184 e. The minimum Gasteiger partial charge on any atom is -0.488 e.